The molecule has 1 saturated heterocycles. The highest BCUT2D eigenvalue weighted by Crippen LogP contribution is 2.25. The maximum absolute atomic E-state index is 15.7. The summed E-state index contributed by atoms with van der Waals surface area (Å²) in [7, 11) is 1.65. The van der Waals surface area contributed by atoms with Crippen LogP contribution in [0.15, 0.2) is 170 Å². The number of nitrogens with one attached hydrogen (secondary N) is 13. The summed E-state index contributed by atoms with van der Waals surface area (Å²) in [5, 5.41) is 86.3. The van der Waals surface area contributed by atoms with Gasteiger partial charge < -0.3 is 106 Å². The molecule has 1 fully saturated rings. The number of aromatic hydroxyl groups is 1. The summed E-state index contributed by atoms with van der Waals surface area (Å²) in [6.07, 6.45) is -2.69. The third kappa shape index (κ3) is 28.9. The van der Waals surface area contributed by atoms with Gasteiger partial charge in [-0.15, -0.1) is 0 Å². The summed E-state index contributed by atoms with van der Waals surface area (Å²) in [6, 6.07) is 25.6. The quantitative estimate of drug-likeness (QED) is 0.0267. The fourth-order valence-corrected chi connectivity index (χ4v) is 15.1. The van der Waals surface area contributed by atoms with E-state index in [2.05, 4.69) is 68.8 Å². The summed E-state index contributed by atoms with van der Waals surface area (Å²) < 4.78 is 0. The van der Waals surface area contributed by atoms with E-state index in [0.717, 1.165) is 34.1 Å². The molecule has 0 saturated carbocycles. The number of unbranched alkanes of at least 4 members (excludes halogenated alkanes) is 1. The molecule has 626 valence electrons. The summed E-state index contributed by atoms with van der Waals surface area (Å²) in [5.41, 5.74) is 17.0. The van der Waals surface area contributed by atoms with Crippen LogP contribution >= 0.6 is 21.6 Å². The van der Waals surface area contributed by atoms with Gasteiger partial charge in [-0.2, -0.15) is 0 Å². The fourth-order valence-electron chi connectivity index (χ4n) is 12.7. The van der Waals surface area contributed by atoms with Gasteiger partial charge in [0, 0.05) is 73.3 Å². The van der Waals surface area contributed by atoms with Crippen LogP contribution < -0.4 is 75.3 Å². The van der Waals surface area contributed by atoms with Gasteiger partial charge in [0.2, 0.25) is 65.0 Å². The van der Waals surface area contributed by atoms with Gasteiger partial charge in [0.1, 0.15) is 72.2 Å². The minimum atomic E-state index is -1.96. The maximum Gasteiger partial charge on any atom is 0.327 e. The van der Waals surface area contributed by atoms with Crippen molar-refractivity contribution in [3.8, 4) is 5.75 Å². The molecule has 0 bridgehead atoms. The molecule has 1 aliphatic rings. The molecule has 0 spiro atoms. The van der Waals surface area contributed by atoms with Crippen LogP contribution in [0.5, 0.6) is 5.75 Å². The largest absolute Gasteiger partial charge is 0.508 e. The van der Waals surface area contributed by atoms with E-state index in [1.54, 1.807) is 134 Å². The number of aromatic amines is 1. The predicted octanol–water partition coefficient (Wildman–Crippen LogP) is 0.150. The molecular formula is C83H105N15O17S2. The Hall–Kier alpha value is -11.2. The molecule has 6 unspecified atom stereocenters. The molecule has 117 heavy (non-hydrogen) atoms. The second-order valence-corrected chi connectivity index (χ2v) is 31.6. The number of benzene rings is 6. The van der Waals surface area contributed by atoms with E-state index in [0.29, 0.717) is 57.2 Å². The smallest absolute Gasteiger partial charge is 0.327 e. The first-order chi connectivity index (χ1) is 56.1. The van der Waals surface area contributed by atoms with Gasteiger partial charge in [-0.25, -0.2) is 4.79 Å². The summed E-state index contributed by atoms with van der Waals surface area (Å²) in [6.45, 7) is 5.73. The van der Waals surface area contributed by atoms with Crippen molar-refractivity contribution in [2.45, 2.75) is 183 Å². The first-order valence-corrected chi connectivity index (χ1v) is 41.0. The lowest BCUT2D eigenvalue weighted by Crippen LogP contribution is -2.63. The zero-order valence-corrected chi connectivity index (χ0v) is 67.0. The molecule has 0 aliphatic carbocycles. The summed E-state index contributed by atoms with van der Waals surface area (Å²) in [4.78, 5) is 180. The second kappa shape index (κ2) is 45.9. The topological polar surface area (TPSA) is 518 Å². The van der Waals surface area contributed by atoms with Crippen LogP contribution in [0.4, 0.5) is 0 Å². The minimum absolute atomic E-state index is 0.0533. The Bertz CT molecular complexity index is 4470. The highest BCUT2D eigenvalue weighted by Gasteiger charge is 2.40. The number of phenolic OH excluding ortho intramolecular Hbond substituents is 1. The number of phenols is 1. The Balaban J connectivity index is 1.22. The fraction of sp³-hybridized carbons (Fsp3) is 0.398. The molecule has 11 amide bonds. The van der Waals surface area contributed by atoms with Crippen LogP contribution in [-0.4, -0.2) is 217 Å². The predicted molar refractivity (Wildman–Crippen MR) is 441 cm³/mol. The Kier molecular flexibility index (Phi) is 35.8. The summed E-state index contributed by atoms with van der Waals surface area (Å²) in [5.74, 6) is -13.8. The molecule has 6 aromatic carbocycles. The molecular weight excluding hydrogens is 1540 g/mol. The van der Waals surface area contributed by atoms with Crippen LogP contribution in [-0.2, 0) is 103 Å². The highest BCUT2D eigenvalue weighted by molar-refractivity contribution is 8.76. The van der Waals surface area contributed by atoms with E-state index in [9.17, 15) is 59.1 Å². The van der Waals surface area contributed by atoms with E-state index in [-0.39, 0.29) is 75.5 Å². The zero-order valence-electron chi connectivity index (χ0n) is 65.3. The molecule has 0 radical (unpaired) electrons. The number of para-hydroxylation sites is 1. The Morgan fingerprint density at radius 3 is 1.33 bits per heavy atom. The zero-order chi connectivity index (χ0) is 84.7. The normalized spacial score (nSPS) is 22.7. The van der Waals surface area contributed by atoms with Crippen LogP contribution in [0, 0.1) is 0 Å². The van der Waals surface area contributed by atoms with Gasteiger partial charge in [-0.3, -0.25) is 52.7 Å². The van der Waals surface area contributed by atoms with Crippen molar-refractivity contribution in [1.82, 2.24) is 68.8 Å². The van der Waals surface area contributed by atoms with E-state index in [1.165, 1.54) is 31.2 Å². The number of aliphatic hydroxyl groups excluding tert-OH is 3. The van der Waals surface area contributed by atoms with Crippen molar-refractivity contribution in [2.24, 2.45) is 11.5 Å². The Labute approximate surface area is 685 Å². The number of fused-ring (bicyclic) bond motifs is 1. The number of hydrogen-bond acceptors (Lipinski definition) is 21. The van der Waals surface area contributed by atoms with Crippen molar-refractivity contribution in [3.63, 3.8) is 0 Å². The van der Waals surface area contributed by atoms with Crippen molar-refractivity contribution in [2.75, 3.05) is 24.7 Å². The highest BCUT2D eigenvalue weighted by atomic mass is 33.1. The number of aliphatic carboxylic acids is 1. The molecule has 14 atom stereocenters. The molecule has 1 aromatic heterocycles. The molecule has 8 rings (SSSR count). The van der Waals surface area contributed by atoms with Crippen LogP contribution in [0.1, 0.15) is 85.9 Å². The average molecular weight is 1650 g/mol. The molecule has 1 aliphatic heterocycles. The summed E-state index contributed by atoms with van der Waals surface area (Å²) >= 11 is 0. The minimum Gasteiger partial charge on any atom is -0.508 e. The van der Waals surface area contributed by atoms with Crippen LogP contribution in [0.2, 0.25) is 0 Å². The van der Waals surface area contributed by atoms with Crippen molar-refractivity contribution in [3.05, 3.63) is 209 Å². The van der Waals surface area contributed by atoms with Gasteiger partial charge in [-0.05, 0) is 103 Å². The monoisotopic (exact) mass is 1650 g/mol. The average Bonchev–Trinajstić information content (AvgIpc) is 1.64. The van der Waals surface area contributed by atoms with Crippen molar-refractivity contribution < 1.29 is 83.1 Å². The maximum atomic E-state index is 15.7. The molecule has 34 heteroatoms. The first-order valence-electron chi connectivity index (χ1n) is 38.6. The third-order valence-electron chi connectivity index (χ3n) is 19.3. The number of nitrogens with two attached hydrogens (primary N) is 2. The SMILES string of the molecule is CC(C)NCc1ccc(CC2NC(=O)C(Cc3c[nH]c4ccccc34)NC(=O)[C@H](Cc3ccccc3)NC(=O)C(Cc3ccccc3)NC(=O)[C@H](CCCCN)NC(=O)C(NC(=O)[C@@H](N)Cc3ccc(O)cc3)CSSC[C@@H](C(=O)O)NC(=O)[C@H](CO)NC(=O)C([C@@H](C)O)NC(=O)[C@H](Cc3ccccc3)NC(=O)C([C@@H](C)O)NC2=O)cc1. The van der Waals surface area contributed by atoms with Gasteiger partial charge in [0.25, 0.3) is 0 Å². The van der Waals surface area contributed by atoms with Crippen molar-refractivity contribution in [1.29, 1.82) is 0 Å². The second-order valence-electron chi connectivity index (χ2n) is 29.0. The molecule has 22 N–H and O–H groups in total. The van der Waals surface area contributed by atoms with E-state index >= 15 is 24.0 Å². The number of carbonyl (C=O) groups excluding carboxylic acids is 11. The lowest BCUT2D eigenvalue weighted by Gasteiger charge is -2.29. The number of hydrogen-bond donors (Lipinski definition) is 20. The number of H-pyrrole nitrogens is 1. The van der Waals surface area contributed by atoms with Gasteiger partial charge in [0.15, 0.2) is 0 Å². The number of rotatable bonds is 25. The first kappa shape index (κ1) is 91.3. The Morgan fingerprint density at radius 2 is 0.863 bits per heavy atom. The van der Waals surface area contributed by atoms with E-state index in [4.69, 9.17) is 11.5 Å². The third-order valence-corrected chi connectivity index (χ3v) is 21.8. The number of amides is 11. The lowest BCUT2D eigenvalue weighted by atomic mass is 9.99. The van der Waals surface area contributed by atoms with Crippen LogP contribution in [0.25, 0.3) is 10.9 Å². The molecule has 7 aromatic rings. The van der Waals surface area contributed by atoms with Gasteiger partial charge in [-0.1, -0.05) is 181 Å². The number of carboxylic acids is 1. The van der Waals surface area contributed by atoms with E-state index < -0.39 is 168 Å². The number of carboxylic acid groups (broad SMARTS) is 1. The lowest BCUT2D eigenvalue weighted by molar-refractivity contribution is -0.142. The van der Waals surface area contributed by atoms with E-state index in [1.807, 2.05) is 26.0 Å². The standard InChI is InChI=1S/C83H105N15O17S2/c1-47(2)86-42-55-29-27-54(28-30-55)40-64-77(108)97-70(48(3)100)81(112)93-65(39-52-22-12-7-13-23-52)78(109)98-71(49(4)101)82(113)94-67(44-99)79(110)96-69(83(114)115)46-117-116-45-68(95-72(103)59(85)36-53-31-33-57(102)34-32-53)80(111)88-61(26-16-17-35-84)73(104)89-62(37-50-18-8-5-9-19-50)74(105)90-63(38-51-20-10-6-11-21-51)75(106)92-66(76(107)91-64)41-56-43-87-60-25-15-14-24-58(56)60/h5-15,18-25,27-34,43,47-49,59,61-71,86-87,99-102H,16-17,26,35-42,44-46,84-85H2,1-4H3,(H,88,111)(H,89,104)(H,90,105)(H,91,107)(H,92,106)(H,93,112)(H,94,113)(H,95,103)(H,96,110)(H,97,108)(H,98,109)(H,114,115)/t48-,49-,59+,61+,62?,63+,64?,65+,66?,67+,68?,69+,70?,71?/m1/s1. The molecule has 2 heterocycles. The van der Waals surface area contributed by atoms with Gasteiger partial charge in [0.05, 0.1) is 24.9 Å². The number of aliphatic hydroxyl groups is 3. The molecule has 32 nitrogen and oxygen atoms in total. The number of aromatic nitrogens is 1. The Morgan fingerprint density at radius 1 is 0.462 bits per heavy atom. The number of carbonyl (C=O) groups is 12. The van der Waals surface area contributed by atoms with Gasteiger partial charge >= 0.3 is 5.97 Å². The van der Waals surface area contributed by atoms with Crippen LogP contribution in [0.3, 0.4) is 0 Å². The van der Waals surface area contributed by atoms with Crippen molar-refractivity contribution >= 4 is 103 Å².